The van der Waals surface area contributed by atoms with Crippen LogP contribution in [0.1, 0.15) is 25.7 Å². The molecule has 2 aliphatic heterocycles. The molecule has 0 aromatic rings. The third kappa shape index (κ3) is 2.95. The zero-order valence-corrected chi connectivity index (χ0v) is 12.8. The molecule has 4 heteroatoms. The Kier molecular flexibility index (Phi) is 4.77. The van der Waals surface area contributed by atoms with Gasteiger partial charge in [0, 0.05) is 19.1 Å². The fraction of sp³-hybridized carbons (Fsp3) is 1.00. The Morgan fingerprint density at radius 3 is 2.00 bits per heavy atom. The van der Waals surface area contributed by atoms with E-state index >= 15 is 0 Å². The van der Waals surface area contributed by atoms with Crippen molar-refractivity contribution < 1.29 is 0 Å². The molecule has 0 spiro atoms. The summed E-state index contributed by atoms with van der Waals surface area (Å²) in [6.07, 6.45) is 5.65. The Morgan fingerprint density at radius 2 is 1.50 bits per heavy atom. The van der Waals surface area contributed by atoms with Gasteiger partial charge in [0.1, 0.15) is 2.06 Å². The summed E-state index contributed by atoms with van der Waals surface area (Å²) < 4.78 is 0.685. The summed E-state index contributed by atoms with van der Waals surface area (Å²) in [5.41, 5.74) is 0. The summed E-state index contributed by atoms with van der Waals surface area (Å²) in [6, 6.07) is 0.903. The Hall–Kier alpha value is 1.38. The molecule has 82 valence electrons. The molecule has 0 aliphatic carbocycles. The van der Waals surface area contributed by atoms with Gasteiger partial charge >= 0.3 is 0 Å². The van der Waals surface area contributed by atoms with Crippen LogP contribution in [0.3, 0.4) is 0 Å². The average molecular weight is 420 g/mol. The maximum atomic E-state index is 2.72. The topological polar surface area (TPSA) is 6.48 Å². The van der Waals surface area contributed by atoms with E-state index in [1.54, 1.807) is 0 Å². The summed E-state index contributed by atoms with van der Waals surface area (Å²) in [5.74, 6) is 0. The van der Waals surface area contributed by atoms with Gasteiger partial charge in [0.25, 0.3) is 0 Å². The van der Waals surface area contributed by atoms with Gasteiger partial charge in [-0.2, -0.15) is 0 Å². The highest BCUT2D eigenvalue weighted by molar-refractivity contribution is 14.2. The minimum atomic E-state index is 0.685. The molecule has 2 saturated heterocycles. The standard InChI is InChI=1S/C10H18I2N2/c11-10(12)14-7-3-9(4-8-14)13-5-1-2-6-13/h9-10H,1-8H2. The molecule has 0 N–H and O–H groups in total. The third-order valence-corrected chi connectivity index (χ3v) is 5.01. The number of likely N-dealkylation sites (tertiary alicyclic amines) is 2. The number of halogens is 2. The van der Waals surface area contributed by atoms with Crippen molar-refractivity contribution in [2.24, 2.45) is 0 Å². The van der Waals surface area contributed by atoms with Gasteiger partial charge in [-0.05, 0) is 38.8 Å². The molecule has 0 bridgehead atoms. The SMILES string of the molecule is IC(I)N1CCC(N2CCCC2)CC1. The van der Waals surface area contributed by atoms with E-state index in [0.29, 0.717) is 2.06 Å². The van der Waals surface area contributed by atoms with Gasteiger partial charge < -0.3 is 4.90 Å². The molecule has 2 fully saturated rings. The molecule has 0 aromatic heterocycles. The monoisotopic (exact) mass is 420 g/mol. The lowest BCUT2D eigenvalue weighted by atomic mass is 10.0. The largest absolute Gasteiger partial charge is 0.300 e. The van der Waals surface area contributed by atoms with Gasteiger partial charge in [0.05, 0.1) is 0 Å². The van der Waals surface area contributed by atoms with Gasteiger partial charge in [-0.1, -0.05) is 45.2 Å². The number of rotatable bonds is 2. The van der Waals surface area contributed by atoms with Crippen LogP contribution in [-0.4, -0.2) is 44.1 Å². The highest BCUT2D eigenvalue weighted by Crippen LogP contribution is 2.25. The van der Waals surface area contributed by atoms with E-state index < -0.39 is 0 Å². The van der Waals surface area contributed by atoms with Crippen molar-refractivity contribution in [2.75, 3.05) is 26.2 Å². The molecule has 2 aliphatic rings. The van der Waals surface area contributed by atoms with Crippen molar-refractivity contribution >= 4 is 45.2 Å². The van der Waals surface area contributed by atoms with Gasteiger partial charge in [-0.15, -0.1) is 0 Å². The van der Waals surface area contributed by atoms with Crippen LogP contribution in [0.25, 0.3) is 0 Å². The highest BCUT2D eigenvalue weighted by Gasteiger charge is 2.27. The van der Waals surface area contributed by atoms with Crippen molar-refractivity contribution in [1.82, 2.24) is 9.80 Å². The van der Waals surface area contributed by atoms with Gasteiger partial charge in [0.2, 0.25) is 0 Å². The van der Waals surface area contributed by atoms with Crippen molar-refractivity contribution in [3.8, 4) is 0 Å². The Bertz CT molecular complexity index is 173. The number of nitrogens with zero attached hydrogens (tertiary/aromatic N) is 2. The molecule has 2 rings (SSSR count). The first-order chi connectivity index (χ1) is 6.77. The number of alkyl halides is 2. The van der Waals surface area contributed by atoms with Gasteiger partial charge in [-0.3, -0.25) is 4.90 Å². The van der Waals surface area contributed by atoms with Crippen LogP contribution in [0.15, 0.2) is 0 Å². The summed E-state index contributed by atoms with van der Waals surface area (Å²) in [5, 5.41) is 0. The van der Waals surface area contributed by atoms with Crippen molar-refractivity contribution in [1.29, 1.82) is 0 Å². The van der Waals surface area contributed by atoms with E-state index in [4.69, 9.17) is 0 Å². The van der Waals surface area contributed by atoms with E-state index in [1.807, 2.05) is 0 Å². The second-order valence-electron chi connectivity index (χ2n) is 4.29. The summed E-state index contributed by atoms with van der Waals surface area (Å²) in [6.45, 7) is 5.33. The molecule has 0 unspecified atom stereocenters. The van der Waals surface area contributed by atoms with Crippen LogP contribution in [0.5, 0.6) is 0 Å². The molecule has 0 amide bonds. The van der Waals surface area contributed by atoms with Gasteiger partial charge in [0.15, 0.2) is 0 Å². The molecule has 0 aromatic carbocycles. The van der Waals surface area contributed by atoms with Crippen LogP contribution in [0.2, 0.25) is 0 Å². The fourth-order valence-corrected chi connectivity index (χ4v) is 3.67. The van der Waals surface area contributed by atoms with Crippen LogP contribution >= 0.6 is 45.2 Å². The first kappa shape index (κ1) is 11.9. The third-order valence-electron chi connectivity index (χ3n) is 3.43. The Labute approximate surface area is 114 Å². The molecule has 0 radical (unpaired) electrons. The Morgan fingerprint density at radius 1 is 0.929 bits per heavy atom. The van der Waals surface area contributed by atoms with E-state index in [1.165, 1.54) is 51.9 Å². The second-order valence-corrected chi connectivity index (χ2v) is 9.03. The minimum Gasteiger partial charge on any atom is -0.300 e. The zero-order valence-electron chi connectivity index (χ0n) is 8.46. The van der Waals surface area contributed by atoms with E-state index in [0.717, 1.165) is 6.04 Å². The smallest absolute Gasteiger partial charge is 0.114 e. The molecule has 2 heterocycles. The lowest BCUT2D eigenvalue weighted by molar-refractivity contribution is 0.139. The van der Waals surface area contributed by atoms with Crippen molar-refractivity contribution in [3.63, 3.8) is 0 Å². The van der Waals surface area contributed by atoms with Crippen LogP contribution < -0.4 is 0 Å². The number of hydrogen-bond donors (Lipinski definition) is 0. The minimum absolute atomic E-state index is 0.685. The highest BCUT2D eigenvalue weighted by atomic mass is 127. The van der Waals surface area contributed by atoms with Crippen LogP contribution in [0, 0.1) is 0 Å². The average Bonchev–Trinajstić information content (AvgIpc) is 2.71. The summed E-state index contributed by atoms with van der Waals surface area (Å²) >= 11 is 5.03. The van der Waals surface area contributed by atoms with Crippen molar-refractivity contribution in [3.05, 3.63) is 0 Å². The molecular formula is C10H18I2N2. The number of hydrogen-bond acceptors (Lipinski definition) is 2. The van der Waals surface area contributed by atoms with E-state index in [2.05, 4.69) is 55.0 Å². The molecule has 2 nitrogen and oxygen atoms in total. The predicted octanol–water partition coefficient (Wildman–Crippen LogP) is 2.70. The van der Waals surface area contributed by atoms with E-state index in [9.17, 15) is 0 Å². The second kappa shape index (κ2) is 5.63. The lowest BCUT2D eigenvalue weighted by Crippen LogP contribution is -2.44. The molecule has 14 heavy (non-hydrogen) atoms. The van der Waals surface area contributed by atoms with Crippen LogP contribution in [0.4, 0.5) is 0 Å². The Balaban J connectivity index is 1.77. The molecule has 0 saturated carbocycles. The summed E-state index contributed by atoms with van der Waals surface area (Å²) in [7, 11) is 0. The fourth-order valence-electron chi connectivity index (χ4n) is 2.55. The van der Waals surface area contributed by atoms with Crippen molar-refractivity contribution in [2.45, 2.75) is 33.8 Å². The summed E-state index contributed by atoms with van der Waals surface area (Å²) in [4.78, 5) is 5.31. The van der Waals surface area contributed by atoms with Gasteiger partial charge in [-0.25, -0.2) is 0 Å². The predicted molar refractivity (Wildman–Crippen MR) is 77.2 cm³/mol. The normalized spacial score (nSPS) is 27.6. The maximum Gasteiger partial charge on any atom is 0.114 e. The zero-order chi connectivity index (χ0) is 9.97. The molecular weight excluding hydrogens is 402 g/mol. The first-order valence-electron chi connectivity index (χ1n) is 5.53. The quantitative estimate of drug-likeness (QED) is 0.385. The first-order valence-corrected chi connectivity index (χ1v) is 8.03. The van der Waals surface area contributed by atoms with Crippen LogP contribution in [-0.2, 0) is 0 Å². The number of piperidine rings is 1. The lowest BCUT2D eigenvalue weighted by Gasteiger charge is -2.37. The van der Waals surface area contributed by atoms with E-state index in [-0.39, 0.29) is 0 Å². The maximum absolute atomic E-state index is 2.72. The molecule has 0 atom stereocenters.